The third-order valence-electron chi connectivity index (χ3n) is 4.28. The molecule has 8 heteroatoms. The first-order valence-corrected chi connectivity index (χ1v) is 8.58. The van der Waals surface area contributed by atoms with Gasteiger partial charge in [-0.15, -0.1) is 0 Å². The summed E-state index contributed by atoms with van der Waals surface area (Å²) in [5, 5.41) is 9.09. The first kappa shape index (κ1) is 19.6. The number of carboxylic acid groups (broad SMARTS) is 1. The molecular weight excluding hydrogens is 349 g/mol. The molecule has 0 bridgehead atoms. The van der Waals surface area contributed by atoms with Crippen molar-refractivity contribution < 1.29 is 19.1 Å². The predicted octanol–water partition coefficient (Wildman–Crippen LogP) is 1.53. The highest BCUT2D eigenvalue weighted by molar-refractivity contribution is 6.31. The summed E-state index contributed by atoms with van der Waals surface area (Å²) in [5.41, 5.74) is 0.484. The number of halogens is 2. The van der Waals surface area contributed by atoms with Crippen LogP contribution in [0, 0.1) is 5.82 Å². The summed E-state index contributed by atoms with van der Waals surface area (Å²) in [6, 6.07) is 4.65. The summed E-state index contributed by atoms with van der Waals surface area (Å²) in [6.45, 7) is 3.39. The van der Waals surface area contributed by atoms with E-state index in [0.29, 0.717) is 49.9 Å². The molecule has 1 N–H and O–H groups in total. The molecule has 0 spiro atoms. The second-order valence-corrected chi connectivity index (χ2v) is 6.65. The quantitative estimate of drug-likeness (QED) is 0.787. The maximum Gasteiger partial charge on any atom is 0.304 e. The van der Waals surface area contributed by atoms with Crippen LogP contribution in [0.1, 0.15) is 12.0 Å². The Morgan fingerprint density at radius 2 is 1.96 bits per heavy atom. The van der Waals surface area contributed by atoms with Crippen LogP contribution in [0.2, 0.25) is 5.02 Å². The Labute approximate surface area is 151 Å². The van der Waals surface area contributed by atoms with Crippen molar-refractivity contribution in [1.29, 1.82) is 0 Å². The number of aliphatic carboxylic acids is 1. The van der Waals surface area contributed by atoms with Gasteiger partial charge in [-0.2, -0.15) is 0 Å². The number of rotatable bonds is 7. The van der Waals surface area contributed by atoms with Crippen molar-refractivity contribution >= 4 is 23.5 Å². The van der Waals surface area contributed by atoms with E-state index < -0.39 is 5.97 Å². The lowest BCUT2D eigenvalue weighted by Crippen LogP contribution is -2.50. The molecule has 0 aliphatic carbocycles. The molecule has 0 atom stereocenters. The summed E-state index contributed by atoms with van der Waals surface area (Å²) < 4.78 is 13.9. The number of amides is 1. The molecular formula is C17H23ClFN3O3. The van der Waals surface area contributed by atoms with Gasteiger partial charge in [0.25, 0.3) is 0 Å². The van der Waals surface area contributed by atoms with E-state index in [2.05, 4.69) is 4.90 Å². The second-order valence-electron chi connectivity index (χ2n) is 6.24. The van der Waals surface area contributed by atoms with Gasteiger partial charge in [0, 0.05) is 49.9 Å². The number of hydrogen-bond donors (Lipinski definition) is 1. The lowest BCUT2D eigenvalue weighted by molar-refractivity contribution is -0.138. The molecule has 0 saturated carbocycles. The molecule has 1 saturated heterocycles. The van der Waals surface area contributed by atoms with Gasteiger partial charge in [0.15, 0.2) is 0 Å². The molecule has 0 unspecified atom stereocenters. The van der Waals surface area contributed by atoms with E-state index >= 15 is 0 Å². The number of benzene rings is 1. The van der Waals surface area contributed by atoms with Crippen LogP contribution < -0.4 is 0 Å². The molecule has 138 valence electrons. The fourth-order valence-corrected chi connectivity index (χ4v) is 2.98. The Morgan fingerprint density at radius 1 is 1.28 bits per heavy atom. The molecule has 1 aliphatic rings. The van der Waals surface area contributed by atoms with E-state index in [1.54, 1.807) is 29.0 Å². The van der Waals surface area contributed by atoms with Crippen molar-refractivity contribution in [3.8, 4) is 0 Å². The molecule has 6 nitrogen and oxygen atoms in total. The third kappa shape index (κ3) is 5.95. The zero-order valence-electron chi connectivity index (χ0n) is 14.3. The maximum atomic E-state index is 13.9. The lowest BCUT2D eigenvalue weighted by Gasteiger charge is -2.35. The standard InChI is InChI=1S/C17H23ClFN3O3/c1-20(6-5-17(24)25)12-16(23)22-9-7-21(8-10-22)11-13-14(18)3-2-4-15(13)19/h2-4H,5-12H2,1H3,(H,24,25). The first-order chi connectivity index (χ1) is 11.9. The minimum atomic E-state index is -0.875. The van der Waals surface area contributed by atoms with Gasteiger partial charge in [-0.3, -0.25) is 19.4 Å². The van der Waals surface area contributed by atoms with E-state index in [1.165, 1.54) is 6.07 Å². The SMILES string of the molecule is CN(CCC(=O)O)CC(=O)N1CCN(Cc2c(F)cccc2Cl)CC1. The summed E-state index contributed by atoms with van der Waals surface area (Å²) in [7, 11) is 1.73. The number of likely N-dealkylation sites (N-methyl/N-ethyl adjacent to an activating group) is 1. The van der Waals surface area contributed by atoms with Gasteiger partial charge < -0.3 is 10.0 Å². The number of piperazine rings is 1. The average molecular weight is 372 g/mol. The van der Waals surface area contributed by atoms with Gasteiger partial charge in [0.1, 0.15) is 5.82 Å². The van der Waals surface area contributed by atoms with E-state index in [0.717, 1.165) is 0 Å². The smallest absolute Gasteiger partial charge is 0.304 e. The predicted molar refractivity (Wildman–Crippen MR) is 93.0 cm³/mol. The maximum absolute atomic E-state index is 13.9. The highest BCUT2D eigenvalue weighted by Crippen LogP contribution is 2.21. The molecule has 1 fully saturated rings. The topological polar surface area (TPSA) is 64.1 Å². The van der Waals surface area contributed by atoms with Crippen molar-refractivity contribution in [3.05, 3.63) is 34.6 Å². The fraction of sp³-hybridized carbons (Fsp3) is 0.529. The van der Waals surface area contributed by atoms with Crippen molar-refractivity contribution in [2.24, 2.45) is 0 Å². The minimum absolute atomic E-state index is 0.0148. The lowest BCUT2D eigenvalue weighted by atomic mass is 10.2. The van der Waals surface area contributed by atoms with Crippen LogP contribution in [0.15, 0.2) is 18.2 Å². The van der Waals surface area contributed by atoms with E-state index in [1.807, 2.05) is 0 Å². The van der Waals surface area contributed by atoms with Crippen LogP contribution in [-0.4, -0.2) is 78.0 Å². The number of carbonyl (C=O) groups excluding carboxylic acids is 1. The van der Waals surface area contributed by atoms with Gasteiger partial charge in [0.2, 0.25) is 5.91 Å². The average Bonchev–Trinajstić information content (AvgIpc) is 2.57. The zero-order chi connectivity index (χ0) is 18.4. The van der Waals surface area contributed by atoms with Crippen molar-refractivity contribution in [2.45, 2.75) is 13.0 Å². The Balaban J connectivity index is 1.79. The van der Waals surface area contributed by atoms with E-state index in [4.69, 9.17) is 16.7 Å². The van der Waals surface area contributed by atoms with Crippen molar-refractivity contribution in [1.82, 2.24) is 14.7 Å². The molecule has 1 aliphatic heterocycles. The third-order valence-corrected chi connectivity index (χ3v) is 4.64. The molecule has 25 heavy (non-hydrogen) atoms. The van der Waals surface area contributed by atoms with Crippen LogP contribution in [0.25, 0.3) is 0 Å². The largest absolute Gasteiger partial charge is 0.481 e. The molecule has 2 rings (SSSR count). The van der Waals surface area contributed by atoms with Gasteiger partial charge in [-0.25, -0.2) is 4.39 Å². The Hall–Kier alpha value is -1.70. The second kappa shape index (κ2) is 9.12. The monoisotopic (exact) mass is 371 g/mol. The minimum Gasteiger partial charge on any atom is -0.481 e. The Bertz CT molecular complexity index is 601. The summed E-state index contributed by atoms with van der Waals surface area (Å²) in [5.74, 6) is -1.21. The Morgan fingerprint density at radius 3 is 2.56 bits per heavy atom. The van der Waals surface area contributed by atoms with Crippen LogP contribution in [0.4, 0.5) is 4.39 Å². The molecule has 1 heterocycles. The molecule has 0 aromatic heterocycles. The number of carbonyl (C=O) groups is 2. The molecule has 1 aromatic rings. The first-order valence-electron chi connectivity index (χ1n) is 8.20. The van der Waals surface area contributed by atoms with Crippen LogP contribution in [-0.2, 0) is 16.1 Å². The summed E-state index contributed by atoms with van der Waals surface area (Å²) in [6.07, 6.45) is 0.0148. The fourth-order valence-electron chi connectivity index (χ4n) is 2.76. The molecule has 0 radical (unpaired) electrons. The summed E-state index contributed by atoms with van der Waals surface area (Å²) in [4.78, 5) is 28.4. The van der Waals surface area contributed by atoms with E-state index in [9.17, 15) is 14.0 Å². The van der Waals surface area contributed by atoms with Crippen LogP contribution in [0.5, 0.6) is 0 Å². The van der Waals surface area contributed by atoms with Crippen molar-refractivity contribution in [3.63, 3.8) is 0 Å². The Kier molecular flexibility index (Phi) is 7.16. The number of nitrogens with zero attached hydrogens (tertiary/aromatic N) is 3. The van der Waals surface area contributed by atoms with E-state index in [-0.39, 0.29) is 24.7 Å². The zero-order valence-corrected chi connectivity index (χ0v) is 15.0. The highest BCUT2D eigenvalue weighted by atomic mass is 35.5. The highest BCUT2D eigenvalue weighted by Gasteiger charge is 2.23. The van der Waals surface area contributed by atoms with Gasteiger partial charge >= 0.3 is 5.97 Å². The van der Waals surface area contributed by atoms with Gasteiger partial charge in [0.05, 0.1) is 13.0 Å². The van der Waals surface area contributed by atoms with Crippen LogP contribution in [0.3, 0.4) is 0 Å². The number of hydrogen-bond acceptors (Lipinski definition) is 4. The molecule has 1 amide bonds. The number of carboxylic acids is 1. The van der Waals surface area contributed by atoms with Crippen LogP contribution >= 0.6 is 11.6 Å². The normalized spacial score (nSPS) is 15.6. The van der Waals surface area contributed by atoms with Gasteiger partial charge in [-0.1, -0.05) is 17.7 Å². The summed E-state index contributed by atoms with van der Waals surface area (Å²) >= 11 is 6.06. The van der Waals surface area contributed by atoms with Gasteiger partial charge in [-0.05, 0) is 19.2 Å². The molecule has 1 aromatic carbocycles. The van der Waals surface area contributed by atoms with Crippen molar-refractivity contribution in [2.75, 3.05) is 46.3 Å².